The van der Waals surface area contributed by atoms with Gasteiger partial charge in [-0.1, -0.05) is 59.7 Å². The number of hydrogen-bond acceptors (Lipinski definition) is 4. The summed E-state index contributed by atoms with van der Waals surface area (Å²) < 4.78 is 29.0. The maximum atomic E-state index is 13.8. The van der Waals surface area contributed by atoms with Crippen LogP contribution in [0.4, 0.5) is 0 Å². The molecule has 0 aromatic heterocycles. The van der Waals surface area contributed by atoms with Crippen molar-refractivity contribution in [3.63, 3.8) is 0 Å². The molecule has 6 heteroatoms. The van der Waals surface area contributed by atoms with Crippen molar-refractivity contribution < 1.29 is 18.0 Å². The summed E-state index contributed by atoms with van der Waals surface area (Å²) in [4.78, 5) is 27.7. The number of ketones is 2. The van der Waals surface area contributed by atoms with Gasteiger partial charge in [-0.05, 0) is 69.4 Å². The van der Waals surface area contributed by atoms with E-state index < -0.39 is 15.4 Å². The summed E-state index contributed by atoms with van der Waals surface area (Å²) in [6.45, 7) is 7.77. The van der Waals surface area contributed by atoms with Crippen LogP contribution in [0.15, 0.2) is 77.3 Å². The van der Waals surface area contributed by atoms with Gasteiger partial charge in [0.15, 0.2) is 11.6 Å². The van der Waals surface area contributed by atoms with Crippen molar-refractivity contribution in [3.05, 3.63) is 111 Å². The van der Waals surface area contributed by atoms with E-state index in [1.54, 1.807) is 30.3 Å². The average Bonchev–Trinajstić information content (AvgIpc) is 3.32. The van der Waals surface area contributed by atoms with Crippen molar-refractivity contribution in [1.82, 2.24) is 4.31 Å². The van der Waals surface area contributed by atoms with E-state index >= 15 is 0 Å². The first-order valence-corrected chi connectivity index (χ1v) is 13.5. The Hall–Kier alpha value is -3.51. The predicted octanol–water partition coefficient (Wildman–Crippen LogP) is 5.51. The SMILES string of the molecule is Cc1ccc(S(=O)(=O)N2CCC3(Cc4ccccc4C3=O)/C2=C/C(=O)c2c(C)cc(C)cc2C)cc1. The highest BCUT2D eigenvalue weighted by atomic mass is 32.2. The fourth-order valence-corrected chi connectivity index (χ4v) is 7.36. The van der Waals surface area contributed by atoms with Crippen molar-refractivity contribution in [1.29, 1.82) is 0 Å². The van der Waals surface area contributed by atoms with Gasteiger partial charge in [-0.3, -0.25) is 13.9 Å². The zero-order valence-electron chi connectivity index (χ0n) is 21.0. The maximum absolute atomic E-state index is 13.8. The lowest BCUT2D eigenvalue weighted by atomic mass is 9.79. The Morgan fingerprint density at radius 1 is 0.917 bits per heavy atom. The molecule has 1 aliphatic heterocycles. The number of rotatable bonds is 4. The van der Waals surface area contributed by atoms with Crippen LogP contribution in [0.25, 0.3) is 0 Å². The molecule has 5 nitrogen and oxygen atoms in total. The third kappa shape index (κ3) is 3.71. The van der Waals surface area contributed by atoms with Crippen LogP contribution in [0, 0.1) is 33.1 Å². The summed E-state index contributed by atoms with van der Waals surface area (Å²) in [5.74, 6) is -0.398. The minimum atomic E-state index is -3.97. The largest absolute Gasteiger partial charge is 0.293 e. The van der Waals surface area contributed by atoms with Crippen LogP contribution >= 0.6 is 0 Å². The maximum Gasteiger partial charge on any atom is 0.264 e. The summed E-state index contributed by atoms with van der Waals surface area (Å²) in [7, 11) is -3.97. The first kappa shape index (κ1) is 24.2. The Bertz CT molecular complexity index is 1530. The normalized spacial score (nSPS) is 20.4. The summed E-state index contributed by atoms with van der Waals surface area (Å²) in [6.07, 6.45) is 2.12. The molecule has 0 saturated carbocycles. The van der Waals surface area contributed by atoms with E-state index in [1.807, 2.05) is 58.0 Å². The number of fused-ring (bicyclic) bond motifs is 1. The molecule has 1 spiro atoms. The van der Waals surface area contributed by atoms with E-state index in [0.29, 0.717) is 24.0 Å². The standard InChI is InChI=1S/C30H29NO4S/c1-19-9-11-24(12-10-19)36(34,35)31-14-13-30(18-23-7-5-6-8-25(23)29(30)33)27(31)17-26(32)28-21(3)15-20(2)16-22(28)4/h5-12,15-17H,13-14,18H2,1-4H3/b27-17-. The number of benzene rings is 3. The zero-order chi connectivity index (χ0) is 25.8. The van der Waals surface area contributed by atoms with E-state index in [9.17, 15) is 18.0 Å². The van der Waals surface area contributed by atoms with Crippen LogP contribution in [0.2, 0.25) is 0 Å². The minimum absolute atomic E-state index is 0.115. The van der Waals surface area contributed by atoms with Crippen molar-refractivity contribution in [2.24, 2.45) is 5.41 Å². The van der Waals surface area contributed by atoms with E-state index in [1.165, 1.54) is 10.4 Å². The quantitative estimate of drug-likeness (QED) is 0.351. The average molecular weight is 500 g/mol. The smallest absolute Gasteiger partial charge is 0.264 e. The Kier molecular flexibility index (Phi) is 5.75. The highest BCUT2D eigenvalue weighted by molar-refractivity contribution is 7.89. The van der Waals surface area contributed by atoms with Gasteiger partial charge in [0.05, 0.1) is 10.3 Å². The molecule has 1 heterocycles. The van der Waals surface area contributed by atoms with E-state index in [2.05, 4.69) is 0 Å². The first-order chi connectivity index (χ1) is 17.0. The first-order valence-electron chi connectivity index (χ1n) is 12.1. The van der Waals surface area contributed by atoms with E-state index in [4.69, 9.17) is 0 Å². The van der Waals surface area contributed by atoms with Gasteiger partial charge in [-0.2, -0.15) is 0 Å². The number of carbonyl (C=O) groups is 2. The molecule has 0 amide bonds. The number of hydrogen-bond donors (Lipinski definition) is 0. The Balaban J connectivity index is 1.68. The number of Topliss-reactive ketones (excluding diaryl/α,β-unsaturated/α-hetero) is 1. The molecule has 1 aliphatic carbocycles. The monoisotopic (exact) mass is 499 g/mol. The highest BCUT2D eigenvalue weighted by Crippen LogP contribution is 2.51. The number of carbonyl (C=O) groups excluding carboxylic acids is 2. The third-order valence-electron chi connectivity index (χ3n) is 7.49. The topological polar surface area (TPSA) is 71.5 Å². The van der Waals surface area contributed by atoms with E-state index in [-0.39, 0.29) is 28.7 Å². The van der Waals surface area contributed by atoms with Crippen LogP contribution < -0.4 is 0 Å². The van der Waals surface area contributed by atoms with E-state index in [0.717, 1.165) is 27.8 Å². The summed E-state index contributed by atoms with van der Waals surface area (Å²) in [5.41, 5.74) is 4.89. The lowest BCUT2D eigenvalue weighted by Gasteiger charge is -2.28. The van der Waals surface area contributed by atoms with Crippen LogP contribution in [-0.4, -0.2) is 30.8 Å². The minimum Gasteiger partial charge on any atom is -0.293 e. The van der Waals surface area contributed by atoms with Gasteiger partial charge >= 0.3 is 0 Å². The molecule has 3 aromatic rings. The summed E-state index contributed by atoms with van der Waals surface area (Å²) >= 11 is 0. The molecule has 1 atom stereocenters. The Labute approximate surface area is 212 Å². The molecule has 0 bridgehead atoms. The second kappa shape index (κ2) is 8.56. The van der Waals surface area contributed by atoms with Gasteiger partial charge in [-0.25, -0.2) is 8.42 Å². The summed E-state index contributed by atoms with van der Waals surface area (Å²) in [6, 6.07) is 18.0. The fraction of sp³-hybridized carbons (Fsp3) is 0.267. The van der Waals surface area contributed by atoms with Crippen molar-refractivity contribution in [3.8, 4) is 0 Å². The third-order valence-corrected chi connectivity index (χ3v) is 9.32. The van der Waals surface area contributed by atoms with Gasteiger partial charge in [0, 0.05) is 29.4 Å². The van der Waals surface area contributed by atoms with Gasteiger partial charge < -0.3 is 0 Å². The molecular weight excluding hydrogens is 470 g/mol. The highest BCUT2D eigenvalue weighted by Gasteiger charge is 2.55. The number of aryl methyl sites for hydroxylation is 4. The number of allylic oxidation sites excluding steroid dienone is 2. The molecule has 3 aromatic carbocycles. The second-order valence-corrected chi connectivity index (χ2v) is 11.9. The molecule has 36 heavy (non-hydrogen) atoms. The van der Waals surface area contributed by atoms with Gasteiger partial charge in [-0.15, -0.1) is 0 Å². The summed E-state index contributed by atoms with van der Waals surface area (Å²) in [5, 5.41) is 0. The Morgan fingerprint density at radius 2 is 1.56 bits per heavy atom. The van der Waals surface area contributed by atoms with Crippen molar-refractivity contribution >= 4 is 21.6 Å². The number of sulfonamides is 1. The van der Waals surface area contributed by atoms with Crippen LogP contribution in [0.1, 0.15) is 55.0 Å². The molecule has 2 aliphatic rings. The van der Waals surface area contributed by atoms with Crippen LogP contribution in [0.3, 0.4) is 0 Å². The molecule has 1 saturated heterocycles. The molecule has 5 rings (SSSR count). The fourth-order valence-electron chi connectivity index (χ4n) is 5.81. The lowest BCUT2D eigenvalue weighted by Crippen LogP contribution is -2.34. The van der Waals surface area contributed by atoms with Gasteiger partial charge in [0.2, 0.25) is 0 Å². The molecule has 184 valence electrons. The van der Waals surface area contributed by atoms with Gasteiger partial charge in [0.1, 0.15) is 0 Å². The Morgan fingerprint density at radius 3 is 2.19 bits per heavy atom. The molecular formula is C30H29NO4S. The number of nitrogens with zero attached hydrogens (tertiary/aromatic N) is 1. The zero-order valence-corrected chi connectivity index (χ0v) is 21.8. The van der Waals surface area contributed by atoms with Crippen LogP contribution in [0.5, 0.6) is 0 Å². The van der Waals surface area contributed by atoms with Crippen LogP contribution in [-0.2, 0) is 16.4 Å². The molecule has 1 fully saturated rings. The second-order valence-electron chi connectivity index (χ2n) is 10.1. The predicted molar refractivity (Wildman–Crippen MR) is 140 cm³/mol. The molecule has 1 unspecified atom stereocenters. The van der Waals surface area contributed by atoms with Crippen molar-refractivity contribution in [2.45, 2.75) is 45.4 Å². The molecule has 0 N–H and O–H groups in total. The van der Waals surface area contributed by atoms with Crippen molar-refractivity contribution in [2.75, 3.05) is 6.54 Å². The lowest BCUT2D eigenvalue weighted by molar-refractivity contribution is 0.0867. The van der Waals surface area contributed by atoms with Gasteiger partial charge in [0.25, 0.3) is 10.0 Å². The molecule has 0 radical (unpaired) electrons.